The van der Waals surface area contributed by atoms with Gasteiger partial charge in [-0.25, -0.2) is 0 Å². The van der Waals surface area contributed by atoms with Crippen LogP contribution in [0.25, 0.3) is 0 Å². The maximum absolute atomic E-state index is 12.2. The molecule has 0 aliphatic rings. The van der Waals surface area contributed by atoms with E-state index in [4.69, 9.17) is 22.7 Å². The van der Waals surface area contributed by atoms with Crippen molar-refractivity contribution in [1.29, 1.82) is 0 Å². The lowest BCUT2D eigenvalue weighted by Gasteiger charge is -2.10. The number of benzene rings is 1. The highest BCUT2D eigenvalue weighted by molar-refractivity contribution is 9.10. The van der Waals surface area contributed by atoms with Crippen LogP contribution in [0.4, 0.5) is 5.69 Å². The average Bonchev–Trinajstić information content (AvgIpc) is 2.87. The zero-order valence-electron chi connectivity index (χ0n) is 10.5. The monoisotopic (exact) mass is 370 g/mol. The minimum Gasteiger partial charge on any atom is -0.496 e. The first-order valence-corrected chi connectivity index (χ1v) is 7.62. The summed E-state index contributed by atoms with van der Waals surface area (Å²) in [4.78, 5) is 13.0. The Labute approximate surface area is 134 Å². The van der Waals surface area contributed by atoms with Gasteiger partial charge < -0.3 is 15.8 Å². The zero-order chi connectivity index (χ0) is 14.7. The maximum atomic E-state index is 12.2. The predicted molar refractivity (Wildman–Crippen MR) is 88.9 cm³/mol. The van der Waals surface area contributed by atoms with E-state index in [1.54, 1.807) is 30.7 Å². The largest absolute Gasteiger partial charge is 0.496 e. The van der Waals surface area contributed by atoms with Gasteiger partial charge in [0, 0.05) is 21.5 Å². The molecule has 2 aromatic rings. The number of hydrogen-bond acceptors (Lipinski definition) is 4. The Hall–Kier alpha value is -1.44. The lowest BCUT2D eigenvalue weighted by molar-refractivity contribution is 0.103. The van der Waals surface area contributed by atoms with Crippen LogP contribution in [-0.2, 0) is 0 Å². The van der Waals surface area contributed by atoms with Crippen LogP contribution in [0.1, 0.15) is 15.2 Å². The fraction of sp³-hybridized carbons (Fsp3) is 0.0769. The van der Waals surface area contributed by atoms with E-state index in [0.29, 0.717) is 21.9 Å². The third-order valence-corrected chi connectivity index (χ3v) is 4.15. The molecule has 0 saturated heterocycles. The topological polar surface area (TPSA) is 64.3 Å². The second-order valence-corrected chi connectivity index (χ2v) is 6.13. The Morgan fingerprint density at radius 2 is 2.20 bits per heavy atom. The second kappa shape index (κ2) is 6.34. The first kappa shape index (κ1) is 15.0. The van der Waals surface area contributed by atoms with Gasteiger partial charge in [-0.15, -0.1) is 11.3 Å². The number of nitrogens with one attached hydrogen (secondary N) is 1. The molecular weight excluding hydrogens is 360 g/mol. The van der Waals surface area contributed by atoms with E-state index < -0.39 is 0 Å². The molecule has 0 aliphatic heterocycles. The third kappa shape index (κ3) is 3.36. The number of methoxy groups -OCH3 is 1. The van der Waals surface area contributed by atoms with E-state index in [1.165, 1.54) is 11.3 Å². The maximum Gasteiger partial charge on any atom is 0.265 e. The minimum absolute atomic E-state index is 0.228. The summed E-state index contributed by atoms with van der Waals surface area (Å²) in [5, 5.41) is 4.57. The molecule has 0 saturated carbocycles. The molecule has 0 fully saturated rings. The van der Waals surface area contributed by atoms with E-state index in [0.717, 1.165) is 4.47 Å². The Morgan fingerprint density at radius 1 is 1.45 bits per heavy atom. The summed E-state index contributed by atoms with van der Waals surface area (Å²) >= 11 is 9.64. The molecule has 4 nitrogen and oxygen atoms in total. The molecule has 104 valence electrons. The molecule has 0 unspecified atom stereocenters. The van der Waals surface area contributed by atoms with Gasteiger partial charge in [0.1, 0.15) is 10.7 Å². The lowest BCUT2D eigenvalue weighted by Crippen LogP contribution is -2.17. The van der Waals surface area contributed by atoms with Gasteiger partial charge in [0.05, 0.1) is 17.7 Å². The number of carbonyl (C=O) groups is 1. The van der Waals surface area contributed by atoms with Crippen molar-refractivity contribution < 1.29 is 9.53 Å². The molecule has 0 spiro atoms. The Bertz CT molecular complexity index is 670. The highest BCUT2D eigenvalue weighted by Crippen LogP contribution is 2.25. The van der Waals surface area contributed by atoms with E-state index >= 15 is 0 Å². The molecule has 0 radical (unpaired) electrons. The molecule has 1 amide bonds. The van der Waals surface area contributed by atoms with E-state index in [-0.39, 0.29) is 10.9 Å². The highest BCUT2D eigenvalue weighted by Gasteiger charge is 2.13. The van der Waals surface area contributed by atoms with Gasteiger partial charge in [-0.1, -0.05) is 28.1 Å². The molecule has 7 heteroatoms. The number of halogens is 1. The summed E-state index contributed by atoms with van der Waals surface area (Å²) < 4.78 is 5.89. The van der Waals surface area contributed by atoms with Crippen LogP contribution in [0.5, 0.6) is 5.75 Å². The molecule has 20 heavy (non-hydrogen) atoms. The van der Waals surface area contributed by atoms with Crippen molar-refractivity contribution in [2.24, 2.45) is 5.73 Å². The summed E-state index contributed by atoms with van der Waals surface area (Å²) in [7, 11) is 1.56. The first-order chi connectivity index (χ1) is 9.51. The quantitative estimate of drug-likeness (QED) is 0.809. The standard InChI is InChI=1S/C13H11BrN2O2S2/c1-18-8-5-11(20-6-8)13(17)16-10-4-7(14)2-3-9(10)12(15)19/h2-6H,1H3,(H2,15,19)(H,16,17). The van der Waals surface area contributed by atoms with Crippen LogP contribution in [0, 0.1) is 0 Å². The molecule has 0 aliphatic carbocycles. The van der Waals surface area contributed by atoms with Crippen LogP contribution in [0.15, 0.2) is 34.1 Å². The number of thiophene rings is 1. The lowest BCUT2D eigenvalue weighted by atomic mass is 10.1. The summed E-state index contributed by atoms with van der Waals surface area (Å²) in [6, 6.07) is 7.02. The van der Waals surface area contributed by atoms with Crippen molar-refractivity contribution >= 4 is 56.1 Å². The number of carbonyl (C=O) groups excluding carboxylic acids is 1. The fourth-order valence-electron chi connectivity index (χ4n) is 1.56. The van der Waals surface area contributed by atoms with Gasteiger partial charge in [0.15, 0.2) is 0 Å². The summed E-state index contributed by atoms with van der Waals surface area (Å²) in [6.45, 7) is 0. The highest BCUT2D eigenvalue weighted by atomic mass is 79.9. The van der Waals surface area contributed by atoms with Gasteiger partial charge in [0.25, 0.3) is 5.91 Å². The number of anilines is 1. The minimum atomic E-state index is -0.228. The molecule has 1 heterocycles. The van der Waals surface area contributed by atoms with Crippen LogP contribution >= 0.6 is 39.5 Å². The summed E-state index contributed by atoms with van der Waals surface area (Å²) in [5.74, 6) is 0.429. The van der Waals surface area contributed by atoms with Crippen LogP contribution in [0.3, 0.4) is 0 Å². The Balaban J connectivity index is 2.27. The third-order valence-electron chi connectivity index (χ3n) is 2.53. The zero-order valence-corrected chi connectivity index (χ0v) is 13.7. The van der Waals surface area contributed by atoms with Crippen molar-refractivity contribution in [3.8, 4) is 5.75 Å². The van der Waals surface area contributed by atoms with E-state index in [1.807, 2.05) is 6.07 Å². The fourth-order valence-corrected chi connectivity index (χ4v) is 2.85. The van der Waals surface area contributed by atoms with Crippen molar-refractivity contribution in [2.75, 3.05) is 12.4 Å². The number of hydrogen-bond donors (Lipinski definition) is 2. The molecule has 2 rings (SSSR count). The van der Waals surface area contributed by atoms with Crippen LogP contribution < -0.4 is 15.8 Å². The number of rotatable bonds is 4. The van der Waals surface area contributed by atoms with Crippen molar-refractivity contribution in [3.05, 3.63) is 44.6 Å². The Kier molecular flexibility index (Phi) is 4.74. The van der Waals surface area contributed by atoms with Gasteiger partial charge >= 0.3 is 0 Å². The van der Waals surface area contributed by atoms with Gasteiger partial charge in [-0.3, -0.25) is 4.79 Å². The SMILES string of the molecule is COc1csc(C(=O)Nc2cc(Br)ccc2C(N)=S)c1. The van der Waals surface area contributed by atoms with Gasteiger partial charge in [0.2, 0.25) is 0 Å². The summed E-state index contributed by atoms with van der Waals surface area (Å²) in [6.07, 6.45) is 0. The van der Waals surface area contributed by atoms with E-state index in [2.05, 4.69) is 21.2 Å². The normalized spacial score (nSPS) is 10.1. The van der Waals surface area contributed by atoms with Gasteiger partial charge in [-0.05, 0) is 18.2 Å². The average molecular weight is 371 g/mol. The second-order valence-electron chi connectivity index (χ2n) is 3.86. The van der Waals surface area contributed by atoms with E-state index in [9.17, 15) is 4.79 Å². The number of thiocarbonyl (C=S) groups is 1. The molecule has 0 atom stereocenters. The Morgan fingerprint density at radius 3 is 2.80 bits per heavy atom. The molecule has 1 aromatic heterocycles. The number of ether oxygens (including phenoxy) is 1. The number of amides is 1. The predicted octanol–water partition coefficient (Wildman–Crippen LogP) is 3.41. The van der Waals surface area contributed by atoms with Gasteiger partial charge in [-0.2, -0.15) is 0 Å². The molecule has 1 aromatic carbocycles. The van der Waals surface area contributed by atoms with Crippen LogP contribution in [-0.4, -0.2) is 18.0 Å². The van der Waals surface area contributed by atoms with Crippen molar-refractivity contribution in [2.45, 2.75) is 0 Å². The van der Waals surface area contributed by atoms with Crippen molar-refractivity contribution in [3.63, 3.8) is 0 Å². The number of nitrogens with two attached hydrogens (primary N) is 1. The smallest absolute Gasteiger partial charge is 0.265 e. The summed E-state index contributed by atoms with van der Waals surface area (Å²) in [5.41, 5.74) is 6.85. The molecule has 0 bridgehead atoms. The molecular formula is C13H11BrN2O2S2. The molecule has 3 N–H and O–H groups in total. The first-order valence-electron chi connectivity index (χ1n) is 5.54. The van der Waals surface area contributed by atoms with Crippen LogP contribution in [0.2, 0.25) is 0 Å². The van der Waals surface area contributed by atoms with Crippen molar-refractivity contribution in [1.82, 2.24) is 0 Å².